The summed E-state index contributed by atoms with van der Waals surface area (Å²) in [5.41, 5.74) is 9.97. The van der Waals surface area contributed by atoms with Crippen LogP contribution in [0, 0.1) is 6.92 Å². The molecule has 1 unspecified atom stereocenters. The molecular formula is C18H22BrNO. The molecule has 0 aromatic heterocycles. The van der Waals surface area contributed by atoms with Crippen LogP contribution in [0.4, 0.5) is 0 Å². The molecule has 2 N–H and O–H groups in total. The Kier molecular flexibility index (Phi) is 5.83. The first kappa shape index (κ1) is 16.1. The topological polar surface area (TPSA) is 35.2 Å². The average molecular weight is 348 g/mol. The summed E-state index contributed by atoms with van der Waals surface area (Å²) in [4.78, 5) is 0. The van der Waals surface area contributed by atoms with Crippen LogP contribution in [0.3, 0.4) is 0 Å². The molecule has 0 aliphatic carbocycles. The predicted molar refractivity (Wildman–Crippen MR) is 91.7 cm³/mol. The molecule has 0 fully saturated rings. The summed E-state index contributed by atoms with van der Waals surface area (Å²) < 4.78 is 6.63. The van der Waals surface area contributed by atoms with Gasteiger partial charge in [-0.2, -0.15) is 0 Å². The zero-order valence-electron chi connectivity index (χ0n) is 12.6. The molecule has 2 aromatic rings. The second kappa shape index (κ2) is 7.62. The van der Waals surface area contributed by atoms with Crippen LogP contribution in [-0.2, 0) is 6.42 Å². The minimum absolute atomic E-state index is 0.00997. The summed E-state index contributed by atoms with van der Waals surface area (Å²) >= 11 is 3.56. The number of hydrogen-bond acceptors (Lipinski definition) is 2. The number of aryl methyl sites for hydroxylation is 1. The Labute approximate surface area is 135 Å². The van der Waals surface area contributed by atoms with Gasteiger partial charge in [0.05, 0.1) is 11.1 Å². The lowest BCUT2D eigenvalue weighted by Crippen LogP contribution is -2.13. The highest BCUT2D eigenvalue weighted by Gasteiger charge is 2.10. The van der Waals surface area contributed by atoms with Gasteiger partial charge in [-0.1, -0.05) is 42.8 Å². The molecule has 0 aliphatic heterocycles. The SMILES string of the molecule is CCCOc1ccc(C(N)Cc2ccc(C)cc2)cc1Br. The maximum absolute atomic E-state index is 6.32. The smallest absolute Gasteiger partial charge is 0.133 e. The van der Waals surface area contributed by atoms with Crippen LogP contribution in [-0.4, -0.2) is 6.61 Å². The molecule has 0 heterocycles. The maximum atomic E-state index is 6.32. The maximum Gasteiger partial charge on any atom is 0.133 e. The quantitative estimate of drug-likeness (QED) is 0.815. The van der Waals surface area contributed by atoms with Gasteiger partial charge in [0.15, 0.2) is 0 Å². The van der Waals surface area contributed by atoms with Crippen molar-refractivity contribution >= 4 is 15.9 Å². The fourth-order valence-electron chi connectivity index (χ4n) is 2.17. The van der Waals surface area contributed by atoms with Crippen LogP contribution in [0.2, 0.25) is 0 Å². The van der Waals surface area contributed by atoms with E-state index in [1.165, 1.54) is 11.1 Å². The molecule has 0 aliphatic rings. The standard InChI is InChI=1S/C18H22BrNO/c1-3-10-21-18-9-8-15(12-16(18)19)17(20)11-14-6-4-13(2)5-7-14/h4-9,12,17H,3,10-11,20H2,1-2H3. The highest BCUT2D eigenvalue weighted by Crippen LogP contribution is 2.29. The van der Waals surface area contributed by atoms with E-state index in [2.05, 4.69) is 66.2 Å². The van der Waals surface area contributed by atoms with Crippen molar-refractivity contribution in [2.45, 2.75) is 32.7 Å². The van der Waals surface area contributed by atoms with Crippen molar-refractivity contribution in [2.75, 3.05) is 6.61 Å². The fourth-order valence-corrected chi connectivity index (χ4v) is 2.68. The Morgan fingerprint density at radius 2 is 1.86 bits per heavy atom. The van der Waals surface area contributed by atoms with Gasteiger partial charge in [-0.25, -0.2) is 0 Å². The Morgan fingerprint density at radius 3 is 2.48 bits per heavy atom. The molecule has 2 rings (SSSR count). The summed E-state index contributed by atoms with van der Waals surface area (Å²) in [6.45, 7) is 4.92. The molecule has 0 amide bonds. The van der Waals surface area contributed by atoms with Gasteiger partial charge < -0.3 is 10.5 Å². The van der Waals surface area contributed by atoms with E-state index in [-0.39, 0.29) is 6.04 Å². The zero-order valence-corrected chi connectivity index (χ0v) is 14.2. The van der Waals surface area contributed by atoms with Crippen LogP contribution in [0.1, 0.15) is 36.1 Å². The number of rotatable bonds is 6. The average Bonchev–Trinajstić information content (AvgIpc) is 2.48. The molecule has 0 bridgehead atoms. The van der Waals surface area contributed by atoms with E-state index < -0.39 is 0 Å². The molecule has 21 heavy (non-hydrogen) atoms. The van der Waals surface area contributed by atoms with Crippen molar-refractivity contribution in [3.05, 3.63) is 63.6 Å². The van der Waals surface area contributed by atoms with Crippen molar-refractivity contribution in [1.82, 2.24) is 0 Å². The largest absolute Gasteiger partial charge is 0.492 e. The van der Waals surface area contributed by atoms with E-state index in [4.69, 9.17) is 10.5 Å². The van der Waals surface area contributed by atoms with Gasteiger partial charge in [0, 0.05) is 6.04 Å². The molecule has 0 saturated carbocycles. The second-order valence-electron chi connectivity index (χ2n) is 5.33. The summed E-state index contributed by atoms with van der Waals surface area (Å²) in [5.74, 6) is 0.878. The van der Waals surface area contributed by atoms with Gasteiger partial charge >= 0.3 is 0 Å². The van der Waals surface area contributed by atoms with Crippen molar-refractivity contribution in [2.24, 2.45) is 5.73 Å². The first-order valence-electron chi connectivity index (χ1n) is 7.33. The number of benzene rings is 2. The lowest BCUT2D eigenvalue weighted by atomic mass is 9.99. The molecule has 1 atom stereocenters. The molecular weight excluding hydrogens is 326 g/mol. The van der Waals surface area contributed by atoms with Crippen molar-refractivity contribution in [1.29, 1.82) is 0 Å². The molecule has 3 heteroatoms. The normalized spacial score (nSPS) is 12.2. The minimum atomic E-state index is -0.00997. The Balaban J connectivity index is 2.06. The first-order valence-corrected chi connectivity index (χ1v) is 8.13. The van der Waals surface area contributed by atoms with Gasteiger partial charge in [-0.05, 0) is 59.0 Å². The lowest BCUT2D eigenvalue weighted by molar-refractivity contribution is 0.315. The number of hydrogen-bond donors (Lipinski definition) is 1. The third-order valence-corrected chi connectivity index (χ3v) is 4.04. The van der Waals surface area contributed by atoms with E-state index in [1.54, 1.807) is 0 Å². The fraction of sp³-hybridized carbons (Fsp3) is 0.333. The predicted octanol–water partition coefficient (Wildman–Crippen LogP) is 4.79. The Hall–Kier alpha value is -1.32. The Bertz CT molecular complexity index is 580. The summed E-state index contributed by atoms with van der Waals surface area (Å²) in [6.07, 6.45) is 1.84. The van der Waals surface area contributed by atoms with E-state index in [9.17, 15) is 0 Å². The monoisotopic (exact) mass is 347 g/mol. The van der Waals surface area contributed by atoms with Gasteiger partial charge in [-0.3, -0.25) is 0 Å². The van der Waals surface area contributed by atoms with Gasteiger partial charge in [0.2, 0.25) is 0 Å². The van der Waals surface area contributed by atoms with Crippen LogP contribution in [0.25, 0.3) is 0 Å². The van der Waals surface area contributed by atoms with Crippen LogP contribution in [0.5, 0.6) is 5.75 Å². The molecule has 0 radical (unpaired) electrons. The third-order valence-electron chi connectivity index (χ3n) is 3.42. The molecule has 112 valence electrons. The van der Waals surface area contributed by atoms with Crippen molar-refractivity contribution in [3.8, 4) is 5.75 Å². The first-order chi connectivity index (χ1) is 10.1. The lowest BCUT2D eigenvalue weighted by Gasteiger charge is -2.15. The van der Waals surface area contributed by atoms with E-state index in [0.29, 0.717) is 0 Å². The van der Waals surface area contributed by atoms with Crippen LogP contribution < -0.4 is 10.5 Å². The minimum Gasteiger partial charge on any atom is -0.492 e. The summed E-state index contributed by atoms with van der Waals surface area (Å²) in [5, 5.41) is 0. The second-order valence-corrected chi connectivity index (χ2v) is 6.19. The number of ether oxygens (including phenoxy) is 1. The molecule has 0 spiro atoms. The van der Waals surface area contributed by atoms with E-state index in [0.717, 1.165) is 35.2 Å². The number of halogens is 1. The third kappa shape index (κ3) is 4.58. The highest BCUT2D eigenvalue weighted by molar-refractivity contribution is 9.10. The number of nitrogens with two attached hydrogens (primary N) is 1. The molecule has 0 saturated heterocycles. The van der Waals surface area contributed by atoms with E-state index in [1.807, 2.05) is 6.07 Å². The van der Waals surface area contributed by atoms with E-state index >= 15 is 0 Å². The summed E-state index contributed by atoms with van der Waals surface area (Å²) in [6, 6.07) is 14.6. The molecule has 2 nitrogen and oxygen atoms in total. The van der Waals surface area contributed by atoms with Crippen LogP contribution in [0.15, 0.2) is 46.9 Å². The van der Waals surface area contributed by atoms with Gasteiger partial charge in [0.25, 0.3) is 0 Å². The van der Waals surface area contributed by atoms with Gasteiger partial charge in [0.1, 0.15) is 5.75 Å². The van der Waals surface area contributed by atoms with Crippen molar-refractivity contribution in [3.63, 3.8) is 0 Å². The highest BCUT2D eigenvalue weighted by atomic mass is 79.9. The zero-order chi connectivity index (χ0) is 15.2. The van der Waals surface area contributed by atoms with Crippen LogP contribution >= 0.6 is 15.9 Å². The van der Waals surface area contributed by atoms with Crippen molar-refractivity contribution < 1.29 is 4.74 Å². The Morgan fingerprint density at radius 1 is 1.14 bits per heavy atom. The molecule has 2 aromatic carbocycles. The van der Waals surface area contributed by atoms with Gasteiger partial charge in [-0.15, -0.1) is 0 Å². The summed E-state index contributed by atoms with van der Waals surface area (Å²) in [7, 11) is 0.